The molecular weight excluding hydrogens is 404 g/mol. The highest BCUT2D eigenvalue weighted by Gasteiger charge is 2.35. The van der Waals surface area contributed by atoms with E-state index in [0.717, 1.165) is 22.6 Å². The van der Waals surface area contributed by atoms with Gasteiger partial charge in [0.05, 0.1) is 12.9 Å². The summed E-state index contributed by atoms with van der Waals surface area (Å²) in [5.41, 5.74) is 2.33. The minimum atomic E-state index is -1.01. The van der Waals surface area contributed by atoms with E-state index in [2.05, 4.69) is 36.2 Å². The standard InChI is InChI=1S/C26H30N2O4/c1-5-26(4,25(29)30-6-2)32-24-13-11-23(12-14-24)31-18-15-20(3)21-7-9-22(10-8-21)28-17-16-27-19-28/h7-17,19H,5-6,18H2,1-4H3/b20-15+. The summed E-state index contributed by atoms with van der Waals surface area (Å²) in [7, 11) is 0. The second kappa shape index (κ2) is 10.7. The molecule has 2 aromatic carbocycles. The van der Waals surface area contributed by atoms with Crippen LogP contribution in [0.5, 0.6) is 11.5 Å². The number of ether oxygens (including phenoxy) is 3. The van der Waals surface area contributed by atoms with Crippen molar-refractivity contribution in [1.82, 2.24) is 9.55 Å². The first-order valence-electron chi connectivity index (χ1n) is 10.8. The maximum absolute atomic E-state index is 12.2. The molecule has 3 aromatic rings. The van der Waals surface area contributed by atoms with E-state index in [9.17, 15) is 4.79 Å². The number of allylic oxidation sites excluding steroid dienone is 1. The van der Waals surface area contributed by atoms with Gasteiger partial charge in [-0.3, -0.25) is 0 Å². The SMILES string of the molecule is CCOC(=O)C(C)(CC)Oc1ccc(OC/C=C(\C)c2ccc(-n3ccnc3)cc2)cc1. The van der Waals surface area contributed by atoms with Crippen molar-refractivity contribution in [2.24, 2.45) is 0 Å². The van der Waals surface area contributed by atoms with Crippen LogP contribution in [0.15, 0.2) is 73.3 Å². The van der Waals surface area contributed by atoms with Crippen molar-refractivity contribution < 1.29 is 19.0 Å². The topological polar surface area (TPSA) is 62.6 Å². The van der Waals surface area contributed by atoms with Gasteiger partial charge in [0.1, 0.15) is 18.1 Å². The summed E-state index contributed by atoms with van der Waals surface area (Å²) in [6, 6.07) is 15.6. The zero-order chi connectivity index (χ0) is 23.0. The molecule has 32 heavy (non-hydrogen) atoms. The number of rotatable bonds is 10. The largest absolute Gasteiger partial charge is 0.490 e. The number of hydrogen-bond acceptors (Lipinski definition) is 5. The summed E-state index contributed by atoms with van der Waals surface area (Å²) in [5, 5.41) is 0. The Balaban J connectivity index is 1.55. The van der Waals surface area contributed by atoms with E-state index in [0.29, 0.717) is 25.4 Å². The van der Waals surface area contributed by atoms with Crippen LogP contribution < -0.4 is 9.47 Å². The monoisotopic (exact) mass is 434 g/mol. The number of esters is 1. The molecule has 3 rings (SSSR count). The molecule has 1 unspecified atom stereocenters. The van der Waals surface area contributed by atoms with E-state index in [-0.39, 0.29) is 5.97 Å². The van der Waals surface area contributed by atoms with Gasteiger partial charge < -0.3 is 18.8 Å². The van der Waals surface area contributed by atoms with Crippen molar-refractivity contribution >= 4 is 11.5 Å². The van der Waals surface area contributed by atoms with Gasteiger partial charge in [-0.25, -0.2) is 9.78 Å². The Kier molecular flexibility index (Phi) is 7.71. The van der Waals surface area contributed by atoms with Gasteiger partial charge in [0, 0.05) is 18.1 Å². The first kappa shape index (κ1) is 23.1. The van der Waals surface area contributed by atoms with Gasteiger partial charge in [0.2, 0.25) is 5.60 Å². The average molecular weight is 435 g/mol. The Morgan fingerprint density at radius 1 is 1.06 bits per heavy atom. The zero-order valence-electron chi connectivity index (χ0n) is 19.1. The lowest BCUT2D eigenvalue weighted by Gasteiger charge is -2.27. The number of aromatic nitrogens is 2. The number of imidazole rings is 1. The van der Waals surface area contributed by atoms with Gasteiger partial charge in [-0.05, 0) is 80.8 Å². The Labute approximate surface area is 189 Å². The Bertz CT molecular complexity index is 1020. The molecule has 0 fully saturated rings. The van der Waals surface area contributed by atoms with Gasteiger partial charge in [-0.15, -0.1) is 0 Å². The maximum atomic E-state index is 12.2. The molecule has 6 heteroatoms. The zero-order valence-corrected chi connectivity index (χ0v) is 19.1. The molecule has 1 atom stereocenters. The minimum absolute atomic E-state index is 0.326. The van der Waals surface area contributed by atoms with E-state index in [1.54, 1.807) is 38.5 Å². The molecule has 0 amide bonds. The highest BCUT2D eigenvalue weighted by molar-refractivity contribution is 5.79. The summed E-state index contributed by atoms with van der Waals surface area (Å²) < 4.78 is 18.9. The number of hydrogen-bond donors (Lipinski definition) is 0. The summed E-state index contributed by atoms with van der Waals surface area (Å²) in [5.74, 6) is 0.965. The normalized spacial score (nSPS) is 13.3. The van der Waals surface area contributed by atoms with Crippen molar-refractivity contribution in [2.45, 2.75) is 39.7 Å². The predicted octanol–water partition coefficient (Wildman–Crippen LogP) is 5.47. The highest BCUT2D eigenvalue weighted by atomic mass is 16.6. The molecule has 6 nitrogen and oxygen atoms in total. The van der Waals surface area contributed by atoms with Crippen LogP contribution in [0.3, 0.4) is 0 Å². The van der Waals surface area contributed by atoms with E-state index in [4.69, 9.17) is 14.2 Å². The first-order chi connectivity index (χ1) is 15.4. The Morgan fingerprint density at radius 2 is 1.75 bits per heavy atom. The average Bonchev–Trinajstić information content (AvgIpc) is 3.35. The van der Waals surface area contributed by atoms with Crippen molar-refractivity contribution in [2.75, 3.05) is 13.2 Å². The second-order valence-corrected chi connectivity index (χ2v) is 7.59. The predicted molar refractivity (Wildman–Crippen MR) is 125 cm³/mol. The molecule has 0 spiro atoms. The van der Waals surface area contributed by atoms with Crippen molar-refractivity contribution in [1.29, 1.82) is 0 Å². The van der Waals surface area contributed by atoms with Crippen molar-refractivity contribution in [3.8, 4) is 17.2 Å². The Morgan fingerprint density at radius 3 is 2.34 bits per heavy atom. The van der Waals surface area contributed by atoms with Gasteiger partial charge in [0.15, 0.2) is 0 Å². The summed E-state index contributed by atoms with van der Waals surface area (Å²) in [6.45, 7) is 8.26. The fourth-order valence-corrected chi connectivity index (χ4v) is 3.09. The molecule has 1 heterocycles. The maximum Gasteiger partial charge on any atom is 0.350 e. The van der Waals surface area contributed by atoms with Crippen LogP contribution in [0.2, 0.25) is 0 Å². The second-order valence-electron chi connectivity index (χ2n) is 7.59. The summed E-state index contributed by atoms with van der Waals surface area (Å²) in [6.07, 6.45) is 8.02. The quantitative estimate of drug-likeness (QED) is 0.396. The van der Waals surface area contributed by atoms with E-state index in [1.807, 2.05) is 35.9 Å². The van der Waals surface area contributed by atoms with Crippen LogP contribution in [0.25, 0.3) is 11.3 Å². The molecule has 0 aliphatic heterocycles. The van der Waals surface area contributed by atoms with Crippen molar-refractivity contribution in [3.05, 3.63) is 78.9 Å². The lowest BCUT2D eigenvalue weighted by Crippen LogP contribution is -2.42. The third-order valence-electron chi connectivity index (χ3n) is 5.31. The fraction of sp³-hybridized carbons (Fsp3) is 0.308. The number of benzene rings is 2. The number of nitrogens with zero attached hydrogens (tertiary/aromatic N) is 2. The van der Waals surface area contributed by atoms with Crippen LogP contribution in [0.4, 0.5) is 0 Å². The van der Waals surface area contributed by atoms with Crippen molar-refractivity contribution in [3.63, 3.8) is 0 Å². The van der Waals surface area contributed by atoms with E-state index in [1.165, 1.54) is 0 Å². The van der Waals surface area contributed by atoms with Gasteiger partial charge in [0.25, 0.3) is 0 Å². The third kappa shape index (κ3) is 5.78. The fourth-order valence-electron chi connectivity index (χ4n) is 3.09. The molecule has 168 valence electrons. The molecule has 0 N–H and O–H groups in total. The van der Waals surface area contributed by atoms with E-state index < -0.39 is 5.60 Å². The number of carbonyl (C=O) groups is 1. The van der Waals surface area contributed by atoms with E-state index >= 15 is 0 Å². The molecule has 0 aliphatic carbocycles. The lowest BCUT2D eigenvalue weighted by atomic mass is 10.0. The Hall–Kier alpha value is -3.54. The molecule has 0 saturated carbocycles. The molecule has 1 aromatic heterocycles. The molecule has 0 aliphatic rings. The highest BCUT2D eigenvalue weighted by Crippen LogP contribution is 2.25. The molecule has 0 radical (unpaired) electrons. The third-order valence-corrected chi connectivity index (χ3v) is 5.31. The van der Waals surface area contributed by atoms with Gasteiger partial charge in [-0.2, -0.15) is 0 Å². The minimum Gasteiger partial charge on any atom is -0.490 e. The summed E-state index contributed by atoms with van der Waals surface area (Å²) in [4.78, 5) is 16.3. The van der Waals surface area contributed by atoms with Gasteiger partial charge >= 0.3 is 5.97 Å². The molecule has 0 bridgehead atoms. The van der Waals surface area contributed by atoms with Crippen LogP contribution in [-0.4, -0.2) is 34.3 Å². The molecule has 0 saturated heterocycles. The van der Waals surface area contributed by atoms with Crippen LogP contribution in [0.1, 0.15) is 39.7 Å². The summed E-state index contributed by atoms with van der Waals surface area (Å²) >= 11 is 0. The smallest absolute Gasteiger partial charge is 0.350 e. The van der Waals surface area contributed by atoms with Crippen LogP contribution in [0, 0.1) is 0 Å². The first-order valence-corrected chi connectivity index (χ1v) is 10.8. The van der Waals surface area contributed by atoms with Crippen LogP contribution in [-0.2, 0) is 9.53 Å². The number of carbonyl (C=O) groups excluding carboxylic acids is 1. The molecular formula is C26H30N2O4. The van der Waals surface area contributed by atoms with Crippen LogP contribution >= 0.6 is 0 Å². The van der Waals surface area contributed by atoms with Gasteiger partial charge in [-0.1, -0.05) is 19.1 Å². The lowest BCUT2D eigenvalue weighted by molar-refractivity contribution is -0.160.